The number of likely N-dealkylation sites (tertiary alicyclic amines) is 1. The Morgan fingerprint density at radius 2 is 2.27 bits per heavy atom. The van der Waals surface area contributed by atoms with Crippen LogP contribution in [0.4, 0.5) is 0 Å². The van der Waals surface area contributed by atoms with E-state index < -0.39 is 0 Å². The number of hydrogen-bond donors (Lipinski definition) is 1. The van der Waals surface area contributed by atoms with Crippen LogP contribution in [0, 0.1) is 6.92 Å². The summed E-state index contributed by atoms with van der Waals surface area (Å²) in [4.78, 5) is 13.9. The molecule has 1 aliphatic rings. The van der Waals surface area contributed by atoms with Gasteiger partial charge >= 0.3 is 0 Å². The van der Waals surface area contributed by atoms with Gasteiger partial charge in [-0.1, -0.05) is 0 Å². The zero-order valence-corrected chi connectivity index (χ0v) is 9.23. The molecule has 1 aliphatic heterocycles. The SMILES string of the molecule is Cc1ccc(C(=O)N2CCC(N)C2)n1C. The average molecular weight is 207 g/mol. The summed E-state index contributed by atoms with van der Waals surface area (Å²) < 4.78 is 1.92. The molecule has 1 amide bonds. The summed E-state index contributed by atoms with van der Waals surface area (Å²) in [7, 11) is 1.92. The smallest absolute Gasteiger partial charge is 0.270 e. The molecule has 1 atom stereocenters. The van der Waals surface area contributed by atoms with E-state index >= 15 is 0 Å². The quantitative estimate of drug-likeness (QED) is 0.729. The van der Waals surface area contributed by atoms with E-state index in [4.69, 9.17) is 5.73 Å². The fourth-order valence-electron chi connectivity index (χ4n) is 1.96. The molecular formula is C11H17N3O. The molecule has 82 valence electrons. The van der Waals surface area contributed by atoms with Crippen LogP contribution in [0.25, 0.3) is 0 Å². The van der Waals surface area contributed by atoms with Crippen molar-refractivity contribution in [2.75, 3.05) is 13.1 Å². The highest BCUT2D eigenvalue weighted by atomic mass is 16.2. The summed E-state index contributed by atoms with van der Waals surface area (Å²) >= 11 is 0. The van der Waals surface area contributed by atoms with Crippen LogP contribution in [0.5, 0.6) is 0 Å². The lowest BCUT2D eigenvalue weighted by atomic mass is 10.3. The van der Waals surface area contributed by atoms with E-state index in [1.165, 1.54) is 0 Å². The highest BCUT2D eigenvalue weighted by Gasteiger charge is 2.25. The Morgan fingerprint density at radius 3 is 2.73 bits per heavy atom. The van der Waals surface area contributed by atoms with Gasteiger partial charge in [-0.25, -0.2) is 0 Å². The molecule has 0 spiro atoms. The molecule has 4 heteroatoms. The molecule has 1 saturated heterocycles. The van der Waals surface area contributed by atoms with E-state index in [9.17, 15) is 4.79 Å². The second-order valence-corrected chi connectivity index (χ2v) is 4.22. The summed E-state index contributed by atoms with van der Waals surface area (Å²) in [5.41, 5.74) is 7.63. The predicted octanol–water partition coefficient (Wildman–Crippen LogP) is 0.507. The van der Waals surface area contributed by atoms with E-state index in [0.29, 0.717) is 6.54 Å². The Balaban J connectivity index is 2.18. The Morgan fingerprint density at radius 1 is 1.53 bits per heavy atom. The minimum Gasteiger partial charge on any atom is -0.344 e. The van der Waals surface area contributed by atoms with Crippen molar-refractivity contribution in [2.45, 2.75) is 19.4 Å². The van der Waals surface area contributed by atoms with Crippen molar-refractivity contribution in [1.82, 2.24) is 9.47 Å². The molecule has 0 aliphatic carbocycles. The Labute approximate surface area is 89.7 Å². The van der Waals surface area contributed by atoms with Gasteiger partial charge in [0.05, 0.1) is 0 Å². The first kappa shape index (κ1) is 10.2. The van der Waals surface area contributed by atoms with Gasteiger partial charge in [0.25, 0.3) is 5.91 Å². The van der Waals surface area contributed by atoms with Crippen LogP contribution in [0.2, 0.25) is 0 Å². The molecule has 0 aromatic carbocycles. The molecule has 1 aromatic rings. The van der Waals surface area contributed by atoms with Crippen LogP contribution in [0.3, 0.4) is 0 Å². The topological polar surface area (TPSA) is 51.3 Å². The van der Waals surface area contributed by atoms with Gasteiger partial charge < -0.3 is 15.2 Å². The number of carbonyl (C=O) groups is 1. The number of amides is 1. The van der Waals surface area contributed by atoms with Crippen molar-refractivity contribution >= 4 is 5.91 Å². The second-order valence-electron chi connectivity index (χ2n) is 4.22. The summed E-state index contributed by atoms with van der Waals surface area (Å²) in [5, 5.41) is 0. The zero-order valence-electron chi connectivity index (χ0n) is 9.23. The molecule has 1 unspecified atom stereocenters. The number of aromatic nitrogens is 1. The van der Waals surface area contributed by atoms with Crippen LogP contribution >= 0.6 is 0 Å². The van der Waals surface area contributed by atoms with Crippen LogP contribution in [-0.4, -0.2) is 34.5 Å². The number of nitrogens with two attached hydrogens (primary N) is 1. The number of hydrogen-bond acceptors (Lipinski definition) is 2. The summed E-state index contributed by atoms with van der Waals surface area (Å²) in [5.74, 6) is 0.0959. The van der Waals surface area contributed by atoms with Gasteiger partial charge in [-0.2, -0.15) is 0 Å². The maximum absolute atomic E-state index is 12.1. The molecule has 2 heterocycles. The summed E-state index contributed by atoms with van der Waals surface area (Å²) in [6.45, 7) is 3.46. The van der Waals surface area contributed by atoms with E-state index in [-0.39, 0.29) is 11.9 Å². The van der Waals surface area contributed by atoms with Gasteiger partial charge in [0, 0.05) is 31.9 Å². The predicted molar refractivity (Wildman–Crippen MR) is 58.6 cm³/mol. The lowest BCUT2D eigenvalue weighted by molar-refractivity contribution is 0.0781. The molecular weight excluding hydrogens is 190 g/mol. The molecule has 1 aromatic heterocycles. The number of rotatable bonds is 1. The molecule has 1 fully saturated rings. The third-order valence-electron chi connectivity index (χ3n) is 3.10. The van der Waals surface area contributed by atoms with Crippen molar-refractivity contribution in [3.05, 3.63) is 23.5 Å². The van der Waals surface area contributed by atoms with Gasteiger partial charge in [0.15, 0.2) is 0 Å². The molecule has 2 rings (SSSR count). The number of nitrogens with zero attached hydrogens (tertiary/aromatic N) is 2. The van der Waals surface area contributed by atoms with Gasteiger partial charge in [-0.05, 0) is 25.5 Å². The summed E-state index contributed by atoms with van der Waals surface area (Å²) in [6, 6.07) is 3.99. The zero-order chi connectivity index (χ0) is 11.0. The van der Waals surface area contributed by atoms with Gasteiger partial charge in [0.2, 0.25) is 0 Å². The van der Waals surface area contributed by atoms with E-state index in [1.807, 2.05) is 35.6 Å². The van der Waals surface area contributed by atoms with E-state index in [2.05, 4.69) is 0 Å². The van der Waals surface area contributed by atoms with Crippen LogP contribution in [0.1, 0.15) is 22.6 Å². The Hall–Kier alpha value is -1.29. The Bertz CT molecular complexity index is 383. The third kappa shape index (κ3) is 1.77. The van der Waals surface area contributed by atoms with E-state index in [0.717, 1.165) is 24.4 Å². The lowest BCUT2D eigenvalue weighted by Gasteiger charge is -2.16. The summed E-state index contributed by atoms with van der Waals surface area (Å²) in [6.07, 6.45) is 0.912. The van der Waals surface area contributed by atoms with Crippen LogP contribution < -0.4 is 5.73 Å². The van der Waals surface area contributed by atoms with Crippen molar-refractivity contribution in [3.8, 4) is 0 Å². The third-order valence-corrected chi connectivity index (χ3v) is 3.10. The van der Waals surface area contributed by atoms with Crippen molar-refractivity contribution in [2.24, 2.45) is 12.8 Å². The first-order chi connectivity index (χ1) is 7.09. The molecule has 0 bridgehead atoms. The largest absolute Gasteiger partial charge is 0.344 e. The molecule has 15 heavy (non-hydrogen) atoms. The van der Waals surface area contributed by atoms with Crippen molar-refractivity contribution in [1.29, 1.82) is 0 Å². The second kappa shape index (κ2) is 3.70. The minimum atomic E-state index is 0.0959. The molecule has 4 nitrogen and oxygen atoms in total. The van der Waals surface area contributed by atoms with Crippen LogP contribution in [-0.2, 0) is 7.05 Å². The molecule has 0 saturated carbocycles. The maximum atomic E-state index is 12.1. The molecule has 0 radical (unpaired) electrons. The van der Waals surface area contributed by atoms with Crippen LogP contribution in [0.15, 0.2) is 12.1 Å². The Kier molecular flexibility index (Phi) is 2.52. The number of carbonyl (C=O) groups excluding carboxylic acids is 1. The first-order valence-corrected chi connectivity index (χ1v) is 5.27. The normalized spacial score (nSPS) is 21.0. The van der Waals surface area contributed by atoms with Gasteiger partial charge in [-0.15, -0.1) is 0 Å². The van der Waals surface area contributed by atoms with E-state index in [1.54, 1.807) is 0 Å². The minimum absolute atomic E-state index is 0.0959. The van der Waals surface area contributed by atoms with Gasteiger partial charge in [0.1, 0.15) is 5.69 Å². The maximum Gasteiger partial charge on any atom is 0.270 e. The first-order valence-electron chi connectivity index (χ1n) is 5.27. The number of aryl methyl sites for hydroxylation is 1. The highest BCUT2D eigenvalue weighted by molar-refractivity contribution is 5.93. The fraction of sp³-hybridized carbons (Fsp3) is 0.545. The fourth-order valence-corrected chi connectivity index (χ4v) is 1.96. The highest BCUT2D eigenvalue weighted by Crippen LogP contribution is 2.14. The monoisotopic (exact) mass is 207 g/mol. The van der Waals surface area contributed by atoms with Gasteiger partial charge in [-0.3, -0.25) is 4.79 Å². The van der Waals surface area contributed by atoms with Crippen molar-refractivity contribution < 1.29 is 4.79 Å². The average Bonchev–Trinajstić information content (AvgIpc) is 2.75. The standard InChI is InChI=1S/C11H17N3O/c1-8-3-4-10(13(8)2)11(15)14-6-5-9(12)7-14/h3-4,9H,5-7,12H2,1-2H3. The van der Waals surface area contributed by atoms with Crippen molar-refractivity contribution in [3.63, 3.8) is 0 Å². The lowest BCUT2D eigenvalue weighted by Crippen LogP contribution is -2.32. The molecule has 2 N–H and O–H groups in total.